The van der Waals surface area contributed by atoms with Crippen molar-refractivity contribution in [3.8, 4) is 11.4 Å². The molecule has 0 bridgehead atoms. The molecule has 0 radical (unpaired) electrons. The number of sulfonamides is 1. The van der Waals surface area contributed by atoms with Crippen LogP contribution in [0.15, 0.2) is 17.0 Å². The average molecular weight is 305 g/mol. The summed E-state index contributed by atoms with van der Waals surface area (Å²) in [7, 11) is -4.25. The van der Waals surface area contributed by atoms with E-state index in [2.05, 4.69) is 20.6 Å². The first-order chi connectivity index (χ1) is 9.47. The lowest BCUT2D eigenvalue weighted by Gasteiger charge is -2.08. The van der Waals surface area contributed by atoms with E-state index in [0.717, 1.165) is 12.1 Å². The lowest BCUT2D eigenvalue weighted by Crippen LogP contribution is -2.27. The molecule has 0 atom stereocenters. The molecule has 0 aliphatic heterocycles. The number of nitrogens with zero attached hydrogens (tertiary/aromatic N) is 3. The zero-order chi connectivity index (χ0) is 14.8. The van der Waals surface area contributed by atoms with Crippen LogP contribution in [0, 0.1) is 11.6 Å². The van der Waals surface area contributed by atoms with Gasteiger partial charge in [0.15, 0.2) is 11.6 Å². The van der Waals surface area contributed by atoms with E-state index >= 15 is 0 Å². The second-order valence-corrected chi connectivity index (χ2v) is 5.33. The minimum atomic E-state index is -4.25. The Bertz CT molecular complexity index is 705. The normalized spacial score (nSPS) is 11.8. The van der Waals surface area contributed by atoms with Crippen LogP contribution in [0.3, 0.4) is 0 Å². The molecule has 0 aliphatic carbocycles. The number of benzene rings is 1. The van der Waals surface area contributed by atoms with E-state index in [9.17, 15) is 17.2 Å². The van der Waals surface area contributed by atoms with Crippen LogP contribution in [-0.4, -0.2) is 47.3 Å². The van der Waals surface area contributed by atoms with Gasteiger partial charge in [0.1, 0.15) is 4.90 Å². The number of nitrogens with one attached hydrogen (secondary N) is 2. The summed E-state index contributed by atoms with van der Waals surface area (Å²) in [6, 6.07) is 1.90. The van der Waals surface area contributed by atoms with E-state index < -0.39 is 33.2 Å². The monoisotopic (exact) mass is 305 g/mol. The minimum absolute atomic E-state index is 0.200. The topological polar surface area (TPSA) is 121 Å². The van der Waals surface area contributed by atoms with Gasteiger partial charge in [0.05, 0.1) is 12.2 Å². The lowest BCUT2D eigenvalue weighted by molar-refractivity contribution is 0.301. The zero-order valence-electron chi connectivity index (χ0n) is 9.84. The summed E-state index contributed by atoms with van der Waals surface area (Å²) in [6.07, 6.45) is 0. The van der Waals surface area contributed by atoms with Crippen LogP contribution in [0.5, 0.6) is 0 Å². The third-order valence-electron chi connectivity index (χ3n) is 2.33. The van der Waals surface area contributed by atoms with Gasteiger partial charge in [0.25, 0.3) is 0 Å². The van der Waals surface area contributed by atoms with E-state index in [0.29, 0.717) is 0 Å². The van der Waals surface area contributed by atoms with Crippen LogP contribution in [0.2, 0.25) is 0 Å². The smallest absolute Gasteiger partial charge is 0.243 e. The fourth-order valence-electron chi connectivity index (χ4n) is 1.45. The predicted octanol–water partition coefficient (Wildman–Crippen LogP) is -0.585. The van der Waals surface area contributed by atoms with Gasteiger partial charge in [0, 0.05) is 6.54 Å². The Morgan fingerprint density at radius 1 is 1.30 bits per heavy atom. The Morgan fingerprint density at radius 3 is 2.65 bits per heavy atom. The number of aliphatic hydroxyl groups is 1. The minimum Gasteiger partial charge on any atom is -0.395 e. The molecule has 2 rings (SSSR count). The highest BCUT2D eigenvalue weighted by Crippen LogP contribution is 2.25. The lowest BCUT2D eigenvalue weighted by atomic mass is 10.2. The number of aromatic amines is 1. The fourth-order valence-corrected chi connectivity index (χ4v) is 2.53. The molecule has 0 spiro atoms. The Balaban J connectivity index is 2.47. The summed E-state index contributed by atoms with van der Waals surface area (Å²) in [4.78, 5) is -0.865. The molecule has 0 saturated carbocycles. The number of hydrogen-bond acceptors (Lipinski definition) is 6. The van der Waals surface area contributed by atoms with Crippen LogP contribution in [0.1, 0.15) is 0 Å². The first kappa shape index (κ1) is 14.4. The number of aromatic nitrogens is 4. The summed E-state index contributed by atoms with van der Waals surface area (Å²) in [5, 5.41) is 20.8. The average Bonchev–Trinajstić information content (AvgIpc) is 2.93. The Hall–Kier alpha value is -1.98. The number of hydrogen-bond donors (Lipinski definition) is 3. The third-order valence-corrected chi connectivity index (χ3v) is 3.81. The second-order valence-electron chi connectivity index (χ2n) is 3.60. The van der Waals surface area contributed by atoms with Crippen molar-refractivity contribution < 1.29 is 22.3 Å². The van der Waals surface area contributed by atoms with Gasteiger partial charge < -0.3 is 5.11 Å². The van der Waals surface area contributed by atoms with E-state index in [1.807, 2.05) is 4.72 Å². The summed E-state index contributed by atoms with van der Waals surface area (Å²) in [5.74, 6) is -3.16. The number of halogens is 2. The first-order valence-electron chi connectivity index (χ1n) is 5.29. The van der Waals surface area contributed by atoms with Gasteiger partial charge in [-0.05, 0) is 17.3 Å². The molecular weight excluding hydrogens is 296 g/mol. The van der Waals surface area contributed by atoms with Crippen molar-refractivity contribution in [2.45, 2.75) is 4.90 Å². The molecule has 108 valence electrons. The van der Waals surface area contributed by atoms with Crippen LogP contribution in [0.25, 0.3) is 11.4 Å². The largest absolute Gasteiger partial charge is 0.395 e. The van der Waals surface area contributed by atoms with E-state index in [-0.39, 0.29) is 17.9 Å². The molecule has 1 aromatic heterocycles. The van der Waals surface area contributed by atoms with Crippen LogP contribution in [0.4, 0.5) is 8.78 Å². The molecule has 8 nitrogen and oxygen atoms in total. The van der Waals surface area contributed by atoms with Crippen molar-refractivity contribution in [1.29, 1.82) is 0 Å². The molecule has 11 heteroatoms. The molecule has 0 saturated heterocycles. The molecule has 2 aromatic rings. The van der Waals surface area contributed by atoms with Crippen molar-refractivity contribution in [3.05, 3.63) is 23.8 Å². The predicted molar refractivity (Wildman–Crippen MR) is 61.8 cm³/mol. The quantitative estimate of drug-likeness (QED) is 0.679. The maximum absolute atomic E-state index is 13.8. The van der Waals surface area contributed by atoms with Crippen molar-refractivity contribution >= 4 is 10.0 Å². The Labute approximate surface area is 111 Å². The van der Waals surface area contributed by atoms with Crippen molar-refractivity contribution in [2.75, 3.05) is 13.2 Å². The molecule has 3 N–H and O–H groups in total. The van der Waals surface area contributed by atoms with Gasteiger partial charge in [-0.2, -0.15) is 5.21 Å². The van der Waals surface area contributed by atoms with Gasteiger partial charge in [-0.25, -0.2) is 21.9 Å². The van der Waals surface area contributed by atoms with Crippen LogP contribution < -0.4 is 4.72 Å². The molecular formula is C9H9F2N5O3S. The van der Waals surface area contributed by atoms with Crippen LogP contribution >= 0.6 is 0 Å². The maximum Gasteiger partial charge on any atom is 0.243 e. The Kier molecular flexibility index (Phi) is 4.01. The SMILES string of the molecule is O=S(=O)(NCCO)c1ccc(-c2nn[nH]n2)c(F)c1F. The molecule has 0 aliphatic rings. The molecule has 0 fully saturated rings. The summed E-state index contributed by atoms with van der Waals surface area (Å²) in [6.45, 7) is -0.778. The maximum atomic E-state index is 13.8. The summed E-state index contributed by atoms with van der Waals surface area (Å²) >= 11 is 0. The van der Waals surface area contributed by atoms with Gasteiger partial charge in [0.2, 0.25) is 15.8 Å². The van der Waals surface area contributed by atoms with Gasteiger partial charge in [-0.1, -0.05) is 0 Å². The zero-order valence-corrected chi connectivity index (χ0v) is 10.7. The molecule has 0 amide bonds. The van der Waals surface area contributed by atoms with Crippen molar-refractivity contribution in [3.63, 3.8) is 0 Å². The fraction of sp³-hybridized carbons (Fsp3) is 0.222. The third kappa shape index (κ3) is 2.64. The van der Waals surface area contributed by atoms with E-state index in [1.54, 1.807) is 0 Å². The highest BCUT2D eigenvalue weighted by atomic mass is 32.2. The van der Waals surface area contributed by atoms with E-state index in [1.165, 1.54) is 0 Å². The first-order valence-corrected chi connectivity index (χ1v) is 6.78. The summed E-state index contributed by atoms with van der Waals surface area (Å²) < 4.78 is 53.0. The van der Waals surface area contributed by atoms with Gasteiger partial charge >= 0.3 is 0 Å². The second kappa shape index (κ2) is 5.56. The van der Waals surface area contributed by atoms with Crippen LogP contribution in [-0.2, 0) is 10.0 Å². The standard InChI is InChI=1S/C9H9F2N5O3S/c10-7-5(9-13-15-16-14-9)1-2-6(8(7)11)20(18,19)12-3-4-17/h1-2,12,17H,3-4H2,(H,13,14,15,16). The molecule has 1 aromatic carbocycles. The number of H-pyrrole nitrogens is 1. The van der Waals surface area contributed by atoms with Crippen molar-refractivity contribution in [2.24, 2.45) is 0 Å². The Morgan fingerprint density at radius 2 is 2.05 bits per heavy atom. The highest BCUT2D eigenvalue weighted by Gasteiger charge is 2.24. The number of rotatable bonds is 5. The summed E-state index contributed by atoms with van der Waals surface area (Å²) in [5.41, 5.74) is -0.322. The number of tetrazole rings is 1. The molecule has 1 heterocycles. The van der Waals surface area contributed by atoms with Gasteiger partial charge in [-0.15, -0.1) is 10.2 Å². The van der Waals surface area contributed by atoms with Gasteiger partial charge in [-0.3, -0.25) is 0 Å². The highest BCUT2D eigenvalue weighted by molar-refractivity contribution is 7.89. The van der Waals surface area contributed by atoms with E-state index in [4.69, 9.17) is 5.11 Å². The van der Waals surface area contributed by atoms with Crippen molar-refractivity contribution in [1.82, 2.24) is 25.3 Å². The molecule has 20 heavy (non-hydrogen) atoms. The molecule has 0 unspecified atom stereocenters. The number of aliphatic hydroxyl groups excluding tert-OH is 1.